The smallest absolute Gasteiger partial charge is 0.293 e. The van der Waals surface area contributed by atoms with Crippen LogP contribution in [0.5, 0.6) is 0 Å². The lowest BCUT2D eigenvalue weighted by Gasteiger charge is -2.22. The van der Waals surface area contributed by atoms with Crippen molar-refractivity contribution in [2.75, 3.05) is 19.3 Å². The fourth-order valence-corrected chi connectivity index (χ4v) is 2.09. The van der Waals surface area contributed by atoms with Crippen LogP contribution in [-0.4, -0.2) is 35.4 Å². The standard InChI is InChI=1S/C15H24N4O3/c1-9(2)12(16)5-6-18(4)15(20)11-7-10(3)8-13(14(11)17)19(21)22/h7-9,12H,5-6,16-17H2,1-4H3. The molecule has 1 atom stereocenters. The zero-order valence-electron chi connectivity index (χ0n) is 13.5. The van der Waals surface area contributed by atoms with E-state index in [0.717, 1.165) is 0 Å². The lowest BCUT2D eigenvalue weighted by atomic mass is 10.0. The minimum absolute atomic E-state index is 0.000516. The summed E-state index contributed by atoms with van der Waals surface area (Å²) in [6.07, 6.45) is 0.660. The molecule has 7 heteroatoms. The van der Waals surface area contributed by atoms with Crippen LogP contribution in [0.3, 0.4) is 0 Å². The minimum Gasteiger partial charge on any atom is -0.393 e. The van der Waals surface area contributed by atoms with Gasteiger partial charge < -0.3 is 16.4 Å². The summed E-state index contributed by atoms with van der Waals surface area (Å²) in [4.78, 5) is 24.4. The molecule has 1 rings (SSSR count). The molecule has 0 aliphatic rings. The van der Waals surface area contributed by atoms with Crippen LogP contribution in [0.4, 0.5) is 11.4 Å². The van der Waals surface area contributed by atoms with Gasteiger partial charge in [0.1, 0.15) is 5.69 Å². The zero-order chi connectivity index (χ0) is 17.0. The van der Waals surface area contributed by atoms with Gasteiger partial charge in [0, 0.05) is 25.7 Å². The average Bonchev–Trinajstić information content (AvgIpc) is 2.45. The summed E-state index contributed by atoms with van der Waals surface area (Å²) in [6, 6.07) is 2.93. The van der Waals surface area contributed by atoms with Crippen LogP contribution in [0.1, 0.15) is 36.2 Å². The van der Waals surface area contributed by atoms with Crippen molar-refractivity contribution in [3.63, 3.8) is 0 Å². The Hall–Kier alpha value is -2.15. The molecule has 0 fully saturated rings. The van der Waals surface area contributed by atoms with Crippen molar-refractivity contribution < 1.29 is 9.72 Å². The summed E-state index contributed by atoms with van der Waals surface area (Å²) in [7, 11) is 1.64. The van der Waals surface area contributed by atoms with E-state index in [0.29, 0.717) is 24.4 Å². The number of nitrogens with two attached hydrogens (primary N) is 2. The van der Waals surface area contributed by atoms with Gasteiger partial charge in [-0.05, 0) is 30.9 Å². The number of benzene rings is 1. The summed E-state index contributed by atoms with van der Waals surface area (Å²) in [6.45, 7) is 6.21. The SMILES string of the molecule is Cc1cc(C(=O)N(C)CCC(N)C(C)C)c(N)c([N+](=O)[O-])c1. The molecule has 0 radical (unpaired) electrons. The van der Waals surface area contributed by atoms with Crippen LogP contribution >= 0.6 is 0 Å². The molecule has 0 saturated heterocycles. The molecule has 1 amide bonds. The molecule has 7 nitrogen and oxygen atoms in total. The van der Waals surface area contributed by atoms with E-state index in [1.807, 2.05) is 13.8 Å². The molecule has 4 N–H and O–H groups in total. The predicted molar refractivity (Wildman–Crippen MR) is 86.6 cm³/mol. The third-order valence-electron chi connectivity index (χ3n) is 3.73. The third-order valence-corrected chi connectivity index (χ3v) is 3.73. The quantitative estimate of drug-likeness (QED) is 0.473. The number of anilines is 1. The number of amides is 1. The molecule has 0 heterocycles. The molecule has 1 aromatic carbocycles. The van der Waals surface area contributed by atoms with Gasteiger partial charge in [-0.3, -0.25) is 14.9 Å². The molecule has 22 heavy (non-hydrogen) atoms. The van der Waals surface area contributed by atoms with Gasteiger partial charge in [-0.15, -0.1) is 0 Å². The molecule has 0 saturated carbocycles. The first-order valence-electron chi connectivity index (χ1n) is 7.20. The maximum atomic E-state index is 12.5. The van der Waals surface area contributed by atoms with Crippen LogP contribution in [0.2, 0.25) is 0 Å². The first-order valence-corrected chi connectivity index (χ1v) is 7.20. The van der Waals surface area contributed by atoms with Crippen LogP contribution < -0.4 is 11.5 Å². The monoisotopic (exact) mass is 308 g/mol. The van der Waals surface area contributed by atoms with Gasteiger partial charge in [-0.25, -0.2) is 0 Å². The minimum atomic E-state index is -0.576. The fourth-order valence-electron chi connectivity index (χ4n) is 2.09. The molecule has 0 aliphatic heterocycles. The number of carbonyl (C=O) groups is 1. The summed E-state index contributed by atoms with van der Waals surface area (Å²) in [5.41, 5.74) is 12.2. The Labute approximate surface area is 130 Å². The van der Waals surface area contributed by atoms with E-state index in [2.05, 4.69) is 0 Å². The van der Waals surface area contributed by atoms with E-state index in [1.54, 1.807) is 20.0 Å². The number of nitrogen functional groups attached to an aromatic ring is 1. The Balaban J connectivity index is 2.95. The van der Waals surface area contributed by atoms with Crippen LogP contribution in [0.25, 0.3) is 0 Å². The maximum absolute atomic E-state index is 12.5. The summed E-state index contributed by atoms with van der Waals surface area (Å²) >= 11 is 0. The third kappa shape index (κ3) is 4.17. The molecule has 0 bridgehead atoms. The van der Waals surface area contributed by atoms with E-state index >= 15 is 0 Å². The van der Waals surface area contributed by atoms with Crippen molar-refractivity contribution in [1.29, 1.82) is 0 Å². The van der Waals surface area contributed by atoms with Crippen molar-refractivity contribution in [1.82, 2.24) is 4.90 Å². The molecule has 1 unspecified atom stereocenters. The Kier molecular flexibility index (Phi) is 5.87. The van der Waals surface area contributed by atoms with Crippen molar-refractivity contribution in [2.24, 2.45) is 11.7 Å². The summed E-state index contributed by atoms with van der Waals surface area (Å²) in [5.74, 6) is -0.00566. The second-order valence-corrected chi connectivity index (χ2v) is 5.93. The fraction of sp³-hybridized carbons (Fsp3) is 0.533. The highest BCUT2D eigenvalue weighted by Crippen LogP contribution is 2.28. The number of aryl methyl sites for hydroxylation is 1. The van der Waals surface area contributed by atoms with Crippen LogP contribution in [0, 0.1) is 23.0 Å². The van der Waals surface area contributed by atoms with E-state index < -0.39 is 4.92 Å². The number of hydrogen-bond donors (Lipinski definition) is 2. The van der Waals surface area contributed by atoms with Gasteiger partial charge in [-0.2, -0.15) is 0 Å². The number of nitro benzene ring substituents is 1. The van der Waals surface area contributed by atoms with Gasteiger partial charge in [-0.1, -0.05) is 13.8 Å². The Morgan fingerprint density at radius 3 is 2.50 bits per heavy atom. The lowest BCUT2D eigenvalue weighted by molar-refractivity contribution is -0.384. The maximum Gasteiger partial charge on any atom is 0.293 e. The number of nitrogens with zero attached hydrogens (tertiary/aromatic N) is 2. The Morgan fingerprint density at radius 1 is 1.41 bits per heavy atom. The second-order valence-electron chi connectivity index (χ2n) is 5.93. The number of nitro groups is 1. The van der Waals surface area contributed by atoms with E-state index in [9.17, 15) is 14.9 Å². The molecule has 122 valence electrons. The molecule has 0 aliphatic carbocycles. The van der Waals surface area contributed by atoms with Crippen LogP contribution in [0.15, 0.2) is 12.1 Å². The van der Waals surface area contributed by atoms with Gasteiger partial charge in [0.15, 0.2) is 0 Å². The average molecular weight is 308 g/mol. The normalized spacial score (nSPS) is 12.3. The lowest BCUT2D eigenvalue weighted by Crippen LogP contribution is -2.35. The second kappa shape index (κ2) is 7.22. The summed E-state index contributed by atoms with van der Waals surface area (Å²) < 4.78 is 0. The highest BCUT2D eigenvalue weighted by molar-refractivity contribution is 6.01. The Bertz CT molecular complexity index is 572. The van der Waals surface area contributed by atoms with Gasteiger partial charge in [0.25, 0.3) is 11.6 Å². The van der Waals surface area contributed by atoms with Gasteiger partial charge in [0.05, 0.1) is 10.5 Å². The largest absolute Gasteiger partial charge is 0.393 e. The summed E-state index contributed by atoms with van der Waals surface area (Å²) in [5, 5.41) is 11.0. The molecule has 0 spiro atoms. The number of hydrogen-bond acceptors (Lipinski definition) is 5. The van der Waals surface area contributed by atoms with Crippen molar-refractivity contribution in [3.05, 3.63) is 33.4 Å². The Morgan fingerprint density at radius 2 is 2.00 bits per heavy atom. The van der Waals surface area contributed by atoms with E-state index in [-0.39, 0.29) is 28.9 Å². The molecule has 1 aromatic rings. The van der Waals surface area contributed by atoms with Gasteiger partial charge >= 0.3 is 0 Å². The number of rotatable bonds is 6. The predicted octanol–water partition coefficient (Wildman–Crippen LogP) is 1.93. The first kappa shape index (κ1) is 17.9. The van der Waals surface area contributed by atoms with Crippen LogP contribution in [-0.2, 0) is 0 Å². The topological polar surface area (TPSA) is 115 Å². The van der Waals surface area contributed by atoms with E-state index in [4.69, 9.17) is 11.5 Å². The van der Waals surface area contributed by atoms with Gasteiger partial charge in [0.2, 0.25) is 0 Å². The van der Waals surface area contributed by atoms with E-state index in [1.165, 1.54) is 11.0 Å². The molecular formula is C15H24N4O3. The highest BCUT2D eigenvalue weighted by atomic mass is 16.6. The zero-order valence-corrected chi connectivity index (χ0v) is 13.5. The van der Waals surface area contributed by atoms with Crippen molar-refractivity contribution in [3.8, 4) is 0 Å². The van der Waals surface area contributed by atoms with Crippen molar-refractivity contribution in [2.45, 2.75) is 33.2 Å². The molecule has 0 aromatic heterocycles. The number of carbonyl (C=O) groups excluding carboxylic acids is 1. The molecular weight excluding hydrogens is 284 g/mol. The highest BCUT2D eigenvalue weighted by Gasteiger charge is 2.23. The first-order chi connectivity index (χ1) is 10.1. The van der Waals surface area contributed by atoms with Crippen molar-refractivity contribution >= 4 is 17.3 Å².